The lowest BCUT2D eigenvalue weighted by Crippen LogP contribution is -2.39. The molecule has 0 fully saturated rings. The van der Waals surface area contributed by atoms with Gasteiger partial charge in [-0.2, -0.15) is 0 Å². The molecule has 0 unspecified atom stereocenters. The van der Waals surface area contributed by atoms with Gasteiger partial charge in [-0.05, 0) is 31.4 Å². The maximum Gasteiger partial charge on any atom is 0.260 e. The zero-order chi connectivity index (χ0) is 14.2. The number of anilines is 1. The van der Waals surface area contributed by atoms with Gasteiger partial charge in [-0.25, -0.2) is 0 Å². The van der Waals surface area contributed by atoms with Crippen LogP contribution in [0.1, 0.15) is 13.8 Å². The highest BCUT2D eigenvalue weighted by Crippen LogP contribution is 2.20. The number of hydrogen-bond donors (Lipinski definition) is 2. The van der Waals surface area contributed by atoms with Crippen LogP contribution in [-0.2, 0) is 11.3 Å². The van der Waals surface area contributed by atoms with E-state index in [1.54, 1.807) is 32.0 Å². The fraction of sp³-hybridized carbons (Fsp3) is 0.286. The lowest BCUT2D eigenvalue weighted by atomic mass is 9.92. The quantitative estimate of drug-likeness (QED) is 0.864. The normalized spacial score (nSPS) is 11.7. The number of nitrogens with two attached hydrogens (primary N) is 2. The van der Waals surface area contributed by atoms with Crippen molar-refractivity contribution in [2.24, 2.45) is 11.1 Å². The molecule has 0 aliphatic heterocycles. The zero-order valence-electron chi connectivity index (χ0n) is 11.0. The van der Waals surface area contributed by atoms with Gasteiger partial charge in [0.1, 0.15) is 5.82 Å². The standard InChI is InChI=1S/C14H17N3O2/c1-14(2,13(16)19)8-17-11(15)7-9-5-3-4-6-10(9)12(17)18/h3-7H,8,15H2,1-2H3,(H2,16,19). The Kier molecular flexibility index (Phi) is 3.06. The van der Waals surface area contributed by atoms with Gasteiger partial charge >= 0.3 is 0 Å². The van der Waals surface area contributed by atoms with Crippen LogP contribution in [0.15, 0.2) is 35.1 Å². The molecule has 1 aromatic carbocycles. The van der Waals surface area contributed by atoms with E-state index < -0.39 is 11.3 Å². The molecule has 2 aromatic rings. The molecule has 0 aliphatic carbocycles. The number of amides is 1. The molecule has 0 saturated carbocycles. The second-order valence-electron chi connectivity index (χ2n) is 5.30. The number of benzene rings is 1. The van der Waals surface area contributed by atoms with E-state index in [0.717, 1.165) is 5.39 Å². The maximum atomic E-state index is 12.4. The predicted octanol–water partition coefficient (Wildman–Crippen LogP) is 1.10. The van der Waals surface area contributed by atoms with Crippen molar-refractivity contribution in [1.29, 1.82) is 0 Å². The Bertz CT molecular complexity index is 701. The first-order valence-corrected chi connectivity index (χ1v) is 6.01. The Morgan fingerprint density at radius 2 is 1.95 bits per heavy atom. The fourth-order valence-electron chi connectivity index (χ4n) is 1.95. The summed E-state index contributed by atoms with van der Waals surface area (Å²) >= 11 is 0. The molecule has 0 aliphatic rings. The van der Waals surface area contributed by atoms with E-state index in [0.29, 0.717) is 11.2 Å². The topological polar surface area (TPSA) is 91.1 Å². The average molecular weight is 259 g/mol. The van der Waals surface area contributed by atoms with Crippen LogP contribution < -0.4 is 17.0 Å². The summed E-state index contributed by atoms with van der Waals surface area (Å²) in [5.74, 6) is -0.134. The molecule has 19 heavy (non-hydrogen) atoms. The third kappa shape index (κ3) is 2.31. The molecule has 100 valence electrons. The molecule has 1 amide bonds. The highest BCUT2D eigenvalue weighted by atomic mass is 16.1. The number of rotatable bonds is 3. The van der Waals surface area contributed by atoms with E-state index in [-0.39, 0.29) is 12.1 Å². The van der Waals surface area contributed by atoms with Gasteiger partial charge in [0.05, 0.1) is 5.41 Å². The summed E-state index contributed by atoms with van der Waals surface area (Å²) in [7, 11) is 0. The lowest BCUT2D eigenvalue weighted by Gasteiger charge is -2.23. The van der Waals surface area contributed by atoms with Gasteiger partial charge in [0.25, 0.3) is 5.56 Å². The van der Waals surface area contributed by atoms with Gasteiger partial charge in [0.2, 0.25) is 5.91 Å². The molecule has 4 N–H and O–H groups in total. The Morgan fingerprint density at radius 3 is 2.58 bits per heavy atom. The summed E-state index contributed by atoms with van der Waals surface area (Å²) in [5.41, 5.74) is 10.2. The van der Waals surface area contributed by atoms with Crippen molar-refractivity contribution >= 4 is 22.5 Å². The molecule has 5 nitrogen and oxygen atoms in total. The number of aromatic nitrogens is 1. The van der Waals surface area contributed by atoms with Crippen molar-refractivity contribution < 1.29 is 4.79 Å². The summed E-state index contributed by atoms with van der Waals surface area (Å²) in [4.78, 5) is 23.8. The van der Waals surface area contributed by atoms with Crippen LogP contribution in [-0.4, -0.2) is 10.5 Å². The van der Waals surface area contributed by atoms with Gasteiger partial charge in [-0.3, -0.25) is 14.2 Å². The smallest absolute Gasteiger partial charge is 0.260 e. The lowest BCUT2D eigenvalue weighted by molar-refractivity contribution is -0.126. The number of hydrogen-bond acceptors (Lipinski definition) is 3. The number of primary amides is 1. The Hall–Kier alpha value is -2.30. The first kappa shape index (κ1) is 13.1. The van der Waals surface area contributed by atoms with Crippen molar-refractivity contribution in [2.45, 2.75) is 20.4 Å². The van der Waals surface area contributed by atoms with Crippen LogP contribution in [0.25, 0.3) is 10.8 Å². The van der Waals surface area contributed by atoms with Gasteiger partial charge < -0.3 is 11.5 Å². The zero-order valence-corrected chi connectivity index (χ0v) is 11.0. The Balaban J connectivity index is 2.62. The van der Waals surface area contributed by atoms with Gasteiger partial charge in [-0.15, -0.1) is 0 Å². The second kappa shape index (κ2) is 4.42. The number of nitrogen functional groups attached to an aromatic ring is 1. The average Bonchev–Trinajstić information content (AvgIpc) is 2.34. The van der Waals surface area contributed by atoms with E-state index >= 15 is 0 Å². The van der Waals surface area contributed by atoms with Gasteiger partial charge in [0, 0.05) is 11.9 Å². The summed E-state index contributed by atoms with van der Waals surface area (Å²) in [6.07, 6.45) is 0. The number of fused-ring (bicyclic) bond motifs is 1. The van der Waals surface area contributed by atoms with Crippen LogP contribution in [0.2, 0.25) is 0 Å². The molecule has 5 heteroatoms. The largest absolute Gasteiger partial charge is 0.385 e. The van der Waals surface area contributed by atoms with Crippen molar-refractivity contribution in [2.75, 3.05) is 5.73 Å². The van der Waals surface area contributed by atoms with E-state index in [1.807, 2.05) is 12.1 Å². The van der Waals surface area contributed by atoms with E-state index in [9.17, 15) is 9.59 Å². The summed E-state index contributed by atoms with van der Waals surface area (Å²) in [5, 5.41) is 1.37. The number of carbonyl (C=O) groups excluding carboxylic acids is 1. The third-order valence-electron chi connectivity index (χ3n) is 3.27. The van der Waals surface area contributed by atoms with Gasteiger partial charge in [0.15, 0.2) is 0 Å². The summed E-state index contributed by atoms with van der Waals surface area (Å²) in [6, 6.07) is 8.94. The Labute approximate surface area is 110 Å². The SMILES string of the molecule is CC(C)(Cn1c(N)cc2ccccc2c1=O)C(N)=O. The van der Waals surface area contributed by atoms with Crippen molar-refractivity contribution in [3.05, 3.63) is 40.7 Å². The van der Waals surface area contributed by atoms with Crippen molar-refractivity contribution in [3.63, 3.8) is 0 Å². The molecular weight excluding hydrogens is 242 g/mol. The van der Waals surface area contributed by atoms with Crippen LogP contribution in [0.5, 0.6) is 0 Å². The molecule has 1 aromatic heterocycles. The summed E-state index contributed by atoms with van der Waals surface area (Å²) in [6.45, 7) is 3.55. The van der Waals surface area contributed by atoms with Gasteiger partial charge in [-0.1, -0.05) is 18.2 Å². The molecule has 0 radical (unpaired) electrons. The molecule has 1 heterocycles. The second-order valence-corrected chi connectivity index (χ2v) is 5.30. The monoisotopic (exact) mass is 259 g/mol. The van der Waals surface area contributed by atoms with E-state index in [4.69, 9.17) is 11.5 Å². The minimum Gasteiger partial charge on any atom is -0.385 e. The van der Waals surface area contributed by atoms with Crippen molar-refractivity contribution in [3.8, 4) is 0 Å². The van der Waals surface area contributed by atoms with E-state index in [2.05, 4.69) is 0 Å². The Morgan fingerprint density at radius 1 is 1.32 bits per heavy atom. The third-order valence-corrected chi connectivity index (χ3v) is 3.27. The number of nitrogens with zero attached hydrogens (tertiary/aromatic N) is 1. The van der Waals surface area contributed by atoms with Crippen LogP contribution in [0, 0.1) is 5.41 Å². The minimum atomic E-state index is -0.833. The van der Waals surface area contributed by atoms with Crippen LogP contribution in [0.4, 0.5) is 5.82 Å². The number of carbonyl (C=O) groups is 1. The molecular formula is C14H17N3O2. The highest BCUT2D eigenvalue weighted by Gasteiger charge is 2.27. The number of pyridine rings is 1. The minimum absolute atomic E-state index is 0.165. The predicted molar refractivity (Wildman–Crippen MR) is 75.6 cm³/mol. The van der Waals surface area contributed by atoms with Crippen LogP contribution in [0.3, 0.4) is 0 Å². The molecule has 0 spiro atoms. The highest BCUT2D eigenvalue weighted by molar-refractivity contribution is 5.84. The molecule has 0 bridgehead atoms. The fourth-order valence-corrected chi connectivity index (χ4v) is 1.95. The molecule has 0 atom stereocenters. The summed E-state index contributed by atoms with van der Waals surface area (Å²) < 4.78 is 1.40. The van der Waals surface area contributed by atoms with E-state index in [1.165, 1.54) is 4.57 Å². The van der Waals surface area contributed by atoms with Crippen LogP contribution >= 0.6 is 0 Å². The first-order valence-electron chi connectivity index (χ1n) is 6.01. The first-order chi connectivity index (χ1) is 8.83. The van der Waals surface area contributed by atoms with Crippen molar-refractivity contribution in [1.82, 2.24) is 4.57 Å². The maximum absolute atomic E-state index is 12.4. The molecule has 2 rings (SSSR count). The molecule has 0 saturated heterocycles.